The molecule has 0 fully saturated rings. The van der Waals surface area contributed by atoms with Gasteiger partial charge in [0.05, 0.1) is 0 Å². The van der Waals surface area contributed by atoms with Crippen molar-refractivity contribution in [2.24, 2.45) is 0 Å². The van der Waals surface area contributed by atoms with E-state index in [1.54, 1.807) is 25.1 Å². The van der Waals surface area contributed by atoms with Gasteiger partial charge in [0.1, 0.15) is 5.82 Å². The molecule has 0 bridgehead atoms. The van der Waals surface area contributed by atoms with Crippen LogP contribution in [0.15, 0.2) is 23.0 Å². The normalized spacial score (nSPS) is 10.7. The lowest BCUT2D eigenvalue weighted by molar-refractivity contribution is 0.903. The van der Waals surface area contributed by atoms with Crippen LogP contribution in [-0.2, 0) is 6.42 Å². The van der Waals surface area contributed by atoms with Crippen LogP contribution in [0.2, 0.25) is 10.0 Å². The third-order valence-electron chi connectivity index (χ3n) is 2.85. The summed E-state index contributed by atoms with van der Waals surface area (Å²) in [6, 6.07) is 5.31. The SMILES string of the molecule is Cc1nc(Cc2c(Cl)cccc2Cl)[nH]c(=O)c1C. The molecule has 0 atom stereocenters. The first kappa shape index (κ1) is 13.1. The van der Waals surface area contributed by atoms with Crippen LogP contribution in [-0.4, -0.2) is 9.97 Å². The minimum absolute atomic E-state index is 0.124. The van der Waals surface area contributed by atoms with Crippen molar-refractivity contribution in [1.29, 1.82) is 0 Å². The van der Waals surface area contributed by atoms with Crippen LogP contribution < -0.4 is 5.56 Å². The number of hydrogen-bond donors (Lipinski definition) is 1. The predicted octanol–water partition coefficient (Wildman–Crippen LogP) is 3.28. The molecule has 0 aliphatic rings. The van der Waals surface area contributed by atoms with Gasteiger partial charge in [0, 0.05) is 27.7 Å². The molecule has 1 heterocycles. The molecule has 1 aromatic heterocycles. The van der Waals surface area contributed by atoms with Crippen molar-refractivity contribution in [1.82, 2.24) is 9.97 Å². The molecule has 2 aromatic rings. The number of H-pyrrole nitrogens is 1. The Bertz CT molecular complexity index is 630. The highest BCUT2D eigenvalue weighted by Crippen LogP contribution is 2.25. The molecule has 0 saturated heterocycles. The summed E-state index contributed by atoms with van der Waals surface area (Å²) in [5.41, 5.74) is 1.99. The van der Waals surface area contributed by atoms with E-state index in [2.05, 4.69) is 9.97 Å². The van der Waals surface area contributed by atoms with Crippen LogP contribution >= 0.6 is 23.2 Å². The maximum atomic E-state index is 11.7. The molecule has 0 aliphatic heterocycles. The first-order chi connectivity index (χ1) is 8.49. The molecule has 18 heavy (non-hydrogen) atoms. The minimum Gasteiger partial charge on any atom is -0.310 e. The van der Waals surface area contributed by atoms with E-state index in [1.807, 2.05) is 6.92 Å². The monoisotopic (exact) mass is 282 g/mol. The molecule has 0 spiro atoms. The Kier molecular flexibility index (Phi) is 3.73. The Morgan fingerprint density at radius 3 is 2.39 bits per heavy atom. The molecule has 5 heteroatoms. The second kappa shape index (κ2) is 5.12. The summed E-state index contributed by atoms with van der Waals surface area (Å²) in [5.74, 6) is 0.568. The summed E-state index contributed by atoms with van der Waals surface area (Å²) in [6.45, 7) is 3.55. The van der Waals surface area contributed by atoms with Gasteiger partial charge in [-0.05, 0) is 31.5 Å². The number of nitrogens with zero attached hydrogens (tertiary/aromatic N) is 1. The van der Waals surface area contributed by atoms with Crippen molar-refractivity contribution in [3.8, 4) is 0 Å². The number of hydrogen-bond acceptors (Lipinski definition) is 2. The summed E-state index contributed by atoms with van der Waals surface area (Å²) >= 11 is 12.2. The van der Waals surface area contributed by atoms with Gasteiger partial charge >= 0.3 is 0 Å². The fourth-order valence-corrected chi connectivity index (χ4v) is 2.19. The number of aromatic amines is 1. The third kappa shape index (κ3) is 2.57. The van der Waals surface area contributed by atoms with E-state index in [-0.39, 0.29) is 5.56 Å². The largest absolute Gasteiger partial charge is 0.310 e. The molecule has 3 nitrogen and oxygen atoms in total. The van der Waals surface area contributed by atoms with Crippen LogP contribution in [0.3, 0.4) is 0 Å². The standard InChI is InChI=1S/C13H12Cl2N2O/c1-7-8(2)16-12(17-13(7)18)6-9-10(14)4-3-5-11(9)15/h3-5H,6H2,1-2H3,(H,16,17,18). The molecule has 1 N–H and O–H groups in total. The van der Waals surface area contributed by atoms with Crippen molar-refractivity contribution in [3.63, 3.8) is 0 Å². The van der Waals surface area contributed by atoms with Gasteiger partial charge in [-0.25, -0.2) is 4.98 Å². The van der Waals surface area contributed by atoms with Crippen molar-refractivity contribution in [2.75, 3.05) is 0 Å². The highest BCUT2D eigenvalue weighted by Gasteiger charge is 2.09. The maximum absolute atomic E-state index is 11.7. The average Bonchev–Trinajstić information content (AvgIpc) is 2.31. The van der Waals surface area contributed by atoms with Crippen LogP contribution in [0, 0.1) is 13.8 Å². The van der Waals surface area contributed by atoms with E-state index in [0.29, 0.717) is 27.9 Å². The van der Waals surface area contributed by atoms with Crippen molar-refractivity contribution in [3.05, 3.63) is 61.2 Å². The molecule has 0 amide bonds. The summed E-state index contributed by atoms with van der Waals surface area (Å²) < 4.78 is 0. The Morgan fingerprint density at radius 2 is 1.83 bits per heavy atom. The van der Waals surface area contributed by atoms with Gasteiger partial charge in [0.2, 0.25) is 0 Å². The zero-order chi connectivity index (χ0) is 13.3. The molecule has 94 valence electrons. The molecular weight excluding hydrogens is 271 g/mol. The highest BCUT2D eigenvalue weighted by atomic mass is 35.5. The number of rotatable bonds is 2. The van der Waals surface area contributed by atoms with Gasteiger partial charge in [0.25, 0.3) is 5.56 Å². The Morgan fingerprint density at radius 1 is 1.22 bits per heavy atom. The first-order valence-electron chi connectivity index (χ1n) is 5.48. The van der Waals surface area contributed by atoms with Crippen molar-refractivity contribution < 1.29 is 0 Å². The molecule has 0 unspecified atom stereocenters. The zero-order valence-electron chi connectivity index (χ0n) is 10.1. The van der Waals surface area contributed by atoms with Gasteiger partial charge in [-0.1, -0.05) is 29.3 Å². The topological polar surface area (TPSA) is 45.8 Å². The Hall–Kier alpha value is -1.32. The van der Waals surface area contributed by atoms with E-state index in [4.69, 9.17) is 23.2 Å². The molecule has 0 saturated carbocycles. The first-order valence-corrected chi connectivity index (χ1v) is 6.24. The van der Waals surface area contributed by atoms with Gasteiger partial charge in [-0.15, -0.1) is 0 Å². The van der Waals surface area contributed by atoms with Crippen LogP contribution in [0.1, 0.15) is 22.6 Å². The van der Waals surface area contributed by atoms with Crippen LogP contribution in [0.5, 0.6) is 0 Å². The highest BCUT2D eigenvalue weighted by molar-refractivity contribution is 6.36. The second-order valence-electron chi connectivity index (χ2n) is 4.10. The van der Waals surface area contributed by atoms with E-state index >= 15 is 0 Å². The van der Waals surface area contributed by atoms with Gasteiger partial charge in [-0.2, -0.15) is 0 Å². The number of nitrogens with one attached hydrogen (secondary N) is 1. The minimum atomic E-state index is -0.124. The maximum Gasteiger partial charge on any atom is 0.254 e. The quantitative estimate of drug-likeness (QED) is 0.919. The van der Waals surface area contributed by atoms with E-state index in [0.717, 1.165) is 11.3 Å². The average molecular weight is 283 g/mol. The number of aryl methyl sites for hydroxylation is 1. The van der Waals surface area contributed by atoms with Crippen molar-refractivity contribution >= 4 is 23.2 Å². The lowest BCUT2D eigenvalue weighted by atomic mass is 10.1. The predicted molar refractivity (Wildman–Crippen MR) is 73.6 cm³/mol. The lowest BCUT2D eigenvalue weighted by Crippen LogP contribution is -2.16. The number of benzene rings is 1. The summed E-state index contributed by atoms with van der Waals surface area (Å²) in [4.78, 5) is 18.7. The van der Waals surface area contributed by atoms with E-state index < -0.39 is 0 Å². The van der Waals surface area contributed by atoms with Crippen LogP contribution in [0.25, 0.3) is 0 Å². The Balaban J connectivity index is 2.44. The van der Waals surface area contributed by atoms with E-state index in [9.17, 15) is 4.79 Å². The molecule has 1 aromatic carbocycles. The molecule has 2 rings (SSSR count). The molecular formula is C13H12Cl2N2O. The smallest absolute Gasteiger partial charge is 0.254 e. The number of halogens is 2. The lowest BCUT2D eigenvalue weighted by Gasteiger charge is -2.07. The summed E-state index contributed by atoms with van der Waals surface area (Å²) in [7, 11) is 0. The summed E-state index contributed by atoms with van der Waals surface area (Å²) in [6.07, 6.45) is 0.412. The third-order valence-corrected chi connectivity index (χ3v) is 3.56. The molecule has 0 radical (unpaired) electrons. The second-order valence-corrected chi connectivity index (χ2v) is 4.91. The zero-order valence-corrected chi connectivity index (χ0v) is 11.6. The fourth-order valence-electron chi connectivity index (χ4n) is 1.66. The van der Waals surface area contributed by atoms with E-state index in [1.165, 1.54) is 0 Å². The molecule has 0 aliphatic carbocycles. The van der Waals surface area contributed by atoms with Gasteiger partial charge < -0.3 is 4.98 Å². The van der Waals surface area contributed by atoms with Gasteiger partial charge in [0.15, 0.2) is 0 Å². The fraction of sp³-hybridized carbons (Fsp3) is 0.231. The Labute approximate surface area is 115 Å². The summed E-state index contributed by atoms with van der Waals surface area (Å²) in [5, 5.41) is 1.15. The van der Waals surface area contributed by atoms with Crippen molar-refractivity contribution in [2.45, 2.75) is 20.3 Å². The van der Waals surface area contributed by atoms with Crippen LogP contribution in [0.4, 0.5) is 0 Å². The van der Waals surface area contributed by atoms with Gasteiger partial charge in [-0.3, -0.25) is 4.79 Å². The number of aromatic nitrogens is 2.